The van der Waals surface area contributed by atoms with Gasteiger partial charge in [0.15, 0.2) is 0 Å². The molecule has 1 fully saturated rings. The number of nitrogens with zero attached hydrogens (tertiary/aromatic N) is 1. The quantitative estimate of drug-likeness (QED) is 0.865. The summed E-state index contributed by atoms with van der Waals surface area (Å²) in [6, 6.07) is 10.7. The first-order valence-electron chi connectivity index (χ1n) is 7.22. The van der Waals surface area contributed by atoms with E-state index in [4.69, 9.17) is 5.73 Å². The standard InChI is InChI=1S/C16H26N2/c1-18(13-10-15-8-4-2-5-9-15)16(14-17)11-6-3-7-12-16/h2,4-5,8-9H,3,6-7,10-14,17H2,1H3. The molecular formula is C16H26N2. The van der Waals surface area contributed by atoms with Crippen LogP contribution in [0.5, 0.6) is 0 Å². The zero-order valence-corrected chi connectivity index (χ0v) is 11.6. The van der Waals surface area contributed by atoms with Crippen molar-refractivity contribution in [2.24, 2.45) is 5.73 Å². The van der Waals surface area contributed by atoms with E-state index in [9.17, 15) is 0 Å². The van der Waals surface area contributed by atoms with Crippen molar-refractivity contribution in [2.75, 3.05) is 20.1 Å². The van der Waals surface area contributed by atoms with Crippen LogP contribution < -0.4 is 5.73 Å². The summed E-state index contributed by atoms with van der Waals surface area (Å²) in [6.45, 7) is 1.92. The maximum atomic E-state index is 6.07. The Kier molecular flexibility index (Phi) is 4.79. The Morgan fingerprint density at radius 1 is 1.11 bits per heavy atom. The first kappa shape index (κ1) is 13.6. The Hall–Kier alpha value is -0.860. The SMILES string of the molecule is CN(CCc1ccccc1)C1(CN)CCCCC1. The summed E-state index contributed by atoms with van der Waals surface area (Å²) in [7, 11) is 2.25. The molecule has 0 aromatic heterocycles. The van der Waals surface area contributed by atoms with Crippen LogP contribution in [0.2, 0.25) is 0 Å². The van der Waals surface area contributed by atoms with Crippen LogP contribution in [0.25, 0.3) is 0 Å². The summed E-state index contributed by atoms with van der Waals surface area (Å²) in [5.74, 6) is 0. The number of nitrogens with two attached hydrogens (primary N) is 1. The molecule has 2 nitrogen and oxygen atoms in total. The van der Waals surface area contributed by atoms with Gasteiger partial charge in [0.2, 0.25) is 0 Å². The minimum absolute atomic E-state index is 0.271. The van der Waals surface area contributed by atoms with Crippen molar-refractivity contribution in [1.29, 1.82) is 0 Å². The predicted molar refractivity (Wildman–Crippen MR) is 77.6 cm³/mol. The number of rotatable bonds is 5. The van der Waals surface area contributed by atoms with Crippen LogP contribution >= 0.6 is 0 Å². The molecule has 0 atom stereocenters. The van der Waals surface area contributed by atoms with Crippen LogP contribution in [0.3, 0.4) is 0 Å². The van der Waals surface area contributed by atoms with Gasteiger partial charge in [-0.05, 0) is 31.9 Å². The van der Waals surface area contributed by atoms with Crippen LogP contribution in [0.1, 0.15) is 37.7 Å². The Labute approximate surface area is 111 Å². The van der Waals surface area contributed by atoms with Crippen LogP contribution in [-0.4, -0.2) is 30.6 Å². The highest BCUT2D eigenvalue weighted by Crippen LogP contribution is 2.32. The highest BCUT2D eigenvalue weighted by atomic mass is 15.2. The van der Waals surface area contributed by atoms with Crippen molar-refractivity contribution in [2.45, 2.75) is 44.1 Å². The molecular weight excluding hydrogens is 220 g/mol. The second-order valence-electron chi connectivity index (χ2n) is 5.65. The third-order valence-corrected chi connectivity index (χ3v) is 4.55. The molecule has 0 spiro atoms. The van der Waals surface area contributed by atoms with E-state index in [1.54, 1.807) is 0 Å². The number of hydrogen-bond donors (Lipinski definition) is 1. The van der Waals surface area contributed by atoms with Gasteiger partial charge >= 0.3 is 0 Å². The van der Waals surface area contributed by atoms with Gasteiger partial charge in [0.1, 0.15) is 0 Å². The number of hydrogen-bond acceptors (Lipinski definition) is 2. The average Bonchev–Trinajstić information content (AvgIpc) is 2.46. The van der Waals surface area contributed by atoms with Crippen molar-refractivity contribution in [3.63, 3.8) is 0 Å². The van der Waals surface area contributed by atoms with Gasteiger partial charge in [0, 0.05) is 18.6 Å². The third-order valence-electron chi connectivity index (χ3n) is 4.55. The molecule has 0 bridgehead atoms. The predicted octanol–water partition coefficient (Wildman–Crippen LogP) is 2.82. The summed E-state index contributed by atoms with van der Waals surface area (Å²) in [5, 5.41) is 0. The van der Waals surface area contributed by atoms with E-state index in [0.717, 1.165) is 19.5 Å². The van der Waals surface area contributed by atoms with Gasteiger partial charge in [0.05, 0.1) is 0 Å². The summed E-state index contributed by atoms with van der Waals surface area (Å²) in [5.41, 5.74) is 7.76. The Balaban J connectivity index is 1.91. The fraction of sp³-hybridized carbons (Fsp3) is 0.625. The molecule has 1 aliphatic carbocycles. The summed E-state index contributed by atoms with van der Waals surface area (Å²) >= 11 is 0. The summed E-state index contributed by atoms with van der Waals surface area (Å²) in [4.78, 5) is 2.51. The fourth-order valence-electron chi connectivity index (χ4n) is 3.13. The number of benzene rings is 1. The Morgan fingerprint density at radius 3 is 2.39 bits per heavy atom. The fourth-order valence-corrected chi connectivity index (χ4v) is 3.13. The van der Waals surface area contributed by atoms with E-state index in [1.807, 2.05) is 0 Å². The van der Waals surface area contributed by atoms with Gasteiger partial charge in [-0.1, -0.05) is 49.6 Å². The number of likely N-dealkylation sites (N-methyl/N-ethyl adjacent to an activating group) is 1. The molecule has 1 aromatic rings. The molecule has 2 rings (SSSR count). The smallest absolute Gasteiger partial charge is 0.0328 e. The molecule has 0 heterocycles. The molecule has 2 N–H and O–H groups in total. The van der Waals surface area contributed by atoms with E-state index in [0.29, 0.717) is 0 Å². The summed E-state index contributed by atoms with van der Waals surface area (Å²) < 4.78 is 0. The van der Waals surface area contributed by atoms with Gasteiger partial charge in [-0.25, -0.2) is 0 Å². The van der Waals surface area contributed by atoms with E-state index in [2.05, 4.69) is 42.3 Å². The lowest BCUT2D eigenvalue weighted by Crippen LogP contribution is -2.53. The zero-order chi connectivity index (χ0) is 12.8. The molecule has 18 heavy (non-hydrogen) atoms. The summed E-state index contributed by atoms with van der Waals surface area (Å²) in [6.07, 6.45) is 7.73. The largest absolute Gasteiger partial charge is 0.329 e. The molecule has 100 valence electrons. The maximum absolute atomic E-state index is 6.07. The van der Waals surface area contributed by atoms with Crippen LogP contribution in [0.4, 0.5) is 0 Å². The van der Waals surface area contributed by atoms with Crippen LogP contribution in [0, 0.1) is 0 Å². The van der Waals surface area contributed by atoms with Gasteiger partial charge in [0.25, 0.3) is 0 Å². The second-order valence-corrected chi connectivity index (χ2v) is 5.65. The van der Waals surface area contributed by atoms with Gasteiger partial charge in [-0.3, -0.25) is 4.90 Å². The Morgan fingerprint density at radius 2 is 1.78 bits per heavy atom. The van der Waals surface area contributed by atoms with E-state index in [-0.39, 0.29) is 5.54 Å². The second kappa shape index (κ2) is 6.35. The highest BCUT2D eigenvalue weighted by molar-refractivity contribution is 5.15. The van der Waals surface area contributed by atoms with E-state index >= 15 is 0 Å². The third kappa shape index (κ3) is 3.12. The lowest BCUT2D eigenvalue weighted by atomic mass is 9.80. The van der Waals surface area contributed by atoms with Crippen molar-refractivity contribution < 1.29 is 0 Å². The zero-order valence-electron chi connectivity index (χ0n) is 11.6. The normalized spacial score (nSPS) is 19.1. The first-order chi connectivity index (χ1) is 8.77. The maximum Gasteiger partial charge on any atom is 0.0328 e. The lowest BCUT2D eigenvalue weighted by Gasteiger charge is -2.44. The topological polar surface area (TPSA) is 29.3 Å². The minimum atomic E-state index is 0.271. The molecule has 0 saturated heterocycles. The molecule has 0 aliphatic heterocycles. The Bertz CT molecular complexity index is 341. The molecule has 1 saturated carbocycles. The molecule has 1 aromatic carbocycles. The van der Waals surface area contributed by atoms with Gasteiger partial charge in [-0.15, -0.1) is 0 Å². The molecule has 0 amide bonds. The van der Waals surface area contributed by atoms with Gasteiger partial charge in [-0.2, -0.15) is 0 Å². The van der Waals surface area contributed by atoms with Gasteiger partial charge < -0.3 is 5.73 Å². The molecule has 1 aliphatic rings. The van der Waals surface area contributed by atoms with Crippen molar-refractivity contribution in [1.82, 2.24) is 4.90 Å². The molecule has 0 radical (unpaired) electrons. The first-order valence-corrected chi connectivity index (χ1v) is 7.22. The van der Waals surface area contributed by atoms with Crippen molar-refractivity contribution >= 4 is 0 Å². The highest BCUT2D eigenvalue weighted by Gasteiger charge is 2.34. The molecule has 0 unspecified atom stereocenters. The van der Waals surface area contributed by atoms with Crippen LogP contribution in [-0.2, 0) is 6.42 Å². The minimum Gasteiger partial charge on any atom is -0.329 e. The van der Waals surface area contributed by atoms with E-state index in [1.165, 1.54) is 37.7 Å². The monoisotopic (exact) mass is 246 g/mol. The van der Waals surface area contributed by atoms with Crippen LogP contribution in [0.15, 0.2) is 30.3 Å². The average molecular weight is 246 g/mol. The van der Waals surface area contributed by atoms with Crippen molar-refractivity contribution in [3.05, 3.63) is 35.9 Å². The lowest BCUT2D eigenvalue weighted by molar-refractivity contribution is 0.0838. The van der Waals surface area contributed by atoms with E-state index < -0.39 is 0 Å². The van der Waals surface area contributed by atoms with Crippen molar-refractivity contribution in [3.8, 4) is 0 Å². The molecule has 2 heteroatoms.